The van der Waals surface area contributed by atoms with E-state index in [4.69, 9.17) is 4.74 Å². The lowest BCUT2D eigenvalue weighted by Gasteiger charge is -2.11. The molecule has 0 amide bonds. The first kappa shape index (κ1) is 24.4. The minimum absolute atomic E-state index is 0.194. The summed E-state index contributed by atoms with van der Waals surface area (Å²) in [5, 5.41) is 40.9. The maximum atomic E-state index is 13.0. The SMILES string of the molecule is O=C(O)c1cccc2c([N+](=O)[O-])ccc(C(=O)OC(=O)c3ccc([N+](=O)[O-])c4cccc(C(=O)O)c34)c12. The highest BCUT2D eigenvalue weighted by Crippen LogP contribution is 2.34. The van der Waals surface area contributed by atoms with Gasteiger partial charge in [0.15, 0.2) is 0 Å². The second-order valence-corrected chi connectivity index (χ2v) is 7.52. The first-order chi connectivity index (χ1) is 17.5. The van der Waals surface area contributed by atoms with Gasteiger partial charge in [0.05, 0.1) is 42.9 Å². The lowest BCUT2D eigenvalue weighted by molar-refractivity contribution is -0.383. The Balaban J connectivity index is 1.87. The number of carbonyl (C=O) groups excluding carboxylic acids is 2. The fourth-order valence-corrected chi connectivity index (χ4v) is 3.99. The van der Waals surface area contributed by atoms with Crippen LogP contribution >= 0.6 is 0 Å². The summed E-state index contributed by atoms with van der Waals surface area (Å²) < 4.78 is 4.91. The molecule has 0 radical (unpaired) electrons. The molecule has 0 aromatic heterocycles. The zero-order valence-corrected chi connectivity index (χ0v) is 18.2. The Morgan fingerprint density at radius 2 is 0.973 bits per heavy atom. The monoisotopic (exact) mass is 504 g/mol. The lowest BCUT2D eigenvalue weighted by Crippen LogP contribution is -2.16. The number of hydrogen-bond acceptors (Lipinski definition) is 9. The molecule has 0 saturated heterocycles. The van der Waals surface area contributed by atoms with Gasteiger partial charge in [-0.15, -0.1) is 0 Å². The molecule has 0 unspecified atom stereocenters. The molecule has 0 bridgehead atoms. The lowest BCUT2D eigenvalue weighted by atomic mass is 9.97. The number of ether oxygens (including phenoxy) is 1. The summed E-state index contributed by atoms with van der Waals surface area (Å²) in [4.78, 5) is 70.8. The third kappa shape index (κ3) is 4.16. The van der Waals surface area contributed by atoms with E-state index in [1.54, 1.807) is 0 Å². The Labute approximate surface area is 204 Å². The van der Waals surface area contributed by atoms with Crippen molar-refractivity contribution in [2.45, 2.75) is 0 Å². The van der Waals surface area contributed by atoms with Crippen LogP contribution in [0.25, 0.3) is 21.5 Å². The molecule has 0 atom stereocenters. The highest BCUT2D eigenvalue weighted by molar-refractivity contribution is 6.20. The normalized spacial score (nSPS) is 10.7. The Morgan fingerprint density at radius 1 is 0.595 bits per heavy atom. The Hall–Kier alpha value is -5.72. The van der Waals surface area contributed by atoms with Gasteiger partial charge in [-0.05, 0) is 36.4 Å². The number of non-ortho nitro benzene ring substituents is 2. The standard InChI is InChI=1S/C24H12N2O11/c27-21(28)13-5-1-3-11-17(25(33)34)9-7-15(19(11)13)23(31)37-24(32)16-8-10-18(26(35)36)12-4-2-6-14(20(12)16)22(29)30/h1-10H,(H,27,28)(H,29,30). The van der Waals surface area contributed by atoms with Gasteiger partial charge in [-0.25, -0.2) is 19.2 Å². The van der Waals surface area contributed by atoms with E-state index in [9.17, 15) is 49.6 Å². The van der Waals surface area contributed by atoms with Crippen LogP contribution in [0.15, 0.2) is 60.7 Å². The number of carbonyl (C=O) groups is 4. The molecule has 184 valence electrons. The van der Waals surface area contributed by atoms with Crippen LogP contribution in [0.1, 0.15) is 41.4 Å². The second kappa shape index (κ2) is 9.14. The number of carboxylic acid groups (broad SMARTS) is 2. The summed E-state index contributed by atoms with van der Waals surface area (Å²) in [5.74, 6) is -5.76. The van der Waals surface area contributed by atoms with Crippen molar-refractivity contribution in [1.82, 2.24) is 0 Å². The van der Waals surface area contributed by atoms with Gasteiger partial charge in [0.1, 0.15) is 0 Å². The molecule has 4 rings (SSSR count). The second-order valence-electron chi connectivity index (χ2n) is 7.52. The maximum Gasteiger partial charge on any atom is 0.346 e. The molecule has 37 heavy (non-hydrogen) atoms. The third-order valence-corrected chi connectivity index (χ3v) is 5.51. The molecule has 0 heterocycles. The van der Waals surface area contributed by atoms with E-state index >= 15 is 0 Å². The number of hydrogen-bond donors (Lipinski definition) is 2. The summed E-state index contributed by atoms with van der Waals surface area (Å²) in [5.41, 5.74) is -2.86. The van der Waals surface area contributed by atoms with Crippen molar-refractivity contribution < 1.29 is 44.0 Å². The van der Waals surface area contributed by atoms with Gasteiger partial charge in [0, 0.05) is 22.9 Å². The van der Waals surface area contributed by atoms with Crippen LogP contribution in [0.4, 0.5) is 11.4 Å². The van der Waals surface area contributed by atoms with Crippen LogP contribution in [0.2, 0.25) is 0 Å². The summed E-state index contributed by atoms with van der Waals surface area (Å²) in [6, 6.07) is 10.9. The van der Waals surface area contributed by atoms with Crippen LogP contribution in [0.3, 0.4) is 0 Å². The van der Waals surface area contributed by atoms with Gasteiger partial charge >= 0.3 is 23.9 Å². The van der Waals surface area contributed by atoms with Crippen molar-refractivity contribution in [3.63, 3.8) is 0 Å². The zero-order valence-electron chi connectivity index (χ0n) is 18.2. The van der Waals surface area contributed by atoms with Crippen molar-refractivity contribution >= 4 is 56.8 Å². The number of nitrogens with zero attached hydrogens (tertiary/aromatic N) is 2. The van der Waals surface area contributed by atoms with E-state index in [-0.39, 0.29) is 21.5 Å². The maximum absolute atomic E-state index is 13.0. The van der Waals surface area contributed by atoms with Crippen LogP contribution < -0.4 is 0 Å². The van der Waals surface area contributed by atoms with Crippen LogP contribution in [0, 0.1) is 20.2 Å². The van der Waals surface area contributed by atoms with E-state index in [1.807, 2.05) is 0 Å². The van der Waals surface area contributed by atoms with Crippen molar-refractivity contribution in [3.8, 4) is 0 Å². The quantitative estimate of drug-likeness (QED) is 0.165. The first-order valence-corrected chi connectivity index (χ1v) is 10.2. The summed E-state index contributed by atoms with van der Waals surface area (Å²) in [6.45, 7) is 0. The van der Waals surface area contributed by atoms with Crippen LogP contribution in [-0.2, 0) is 4.74 Å². The molecule has 0 aliphatic heterocycles. The van der Waals surface area contributed by atoms with E-state index in [1.165, 1.54) is 24.3 Å². The van der Waals surface area contributed by atoms with Gasteiger partial charge in [0.2, 0.25) is 0 Å². The summed E-state index contributed by atoms with van der Waals surface area (Å²) >= 11 is 0. The molecule has 0 spiro atoms. The number of aromatic carboxylic acids is 2. The number of esters is 2. The van der Waals surface area contributed by atoms with Gasteiger partial charge < -0.3 is 14.9 Å². The molecule has 0 aliphatic carbocycles. The fraction of sp³-hybridized carbons (Fsp3) is 0. The number of rotatable bonds is 6. The molecule has 0 aliphatic rings. The van der Waals surface area contributed by atoms with Gasteiger partial charge in [-0.1, -0.05) is 12.1 Å². The van der Waals surface area contributed by atoms with E-state index in [2.05, 4.69) is 0 Å². The average molecular weight is 504 g/mol. The zero-order chi connectivity index (χ0) is 27.0. The Morgan fingerprint density at radius 3 is 1.30 bits per heavy atom. The Kier molecular flexibility index (Phi) is 6.03. The van der Waals surface area contributed by atoms with Gasteiger partial charge in [-0.3, -0.25) is 20.2 Å². The highest BCUT2D eigenvalue weighted by Gasteiger charge is 2.28. The molecule has 13 nitrogen and oxygen atoms in total. The van der Waals surface area contributed by atoms with Crippen LogP contribution in [0.5, 0.6) is 0 Å². The molecule has 0 saturated carbocycles. The molecule has 4 aromatic rings. The molecule has 4 aromatic carbocycles. The van der Waals surface area contributed by atoms with Crippen molar-refractivity contribution in [2.24, 2.45) is 0 Å². The predicted molar refractivity (Wildman–Crippen MR) is 125 cm³/mol. The van der Waals surface area contributed by atoms with E-state index in [0.29, 0.717) is 0 Å². The number of nitro benzene ring substituents is 2. The fourth-order valence-electron chi connectivity index (χ4n) is 3.99. The van der Waals surface area contributed by atoms with Gasteiger partial charge in [0.25, 0.3) is 11.4 Å². The minimum Gasteiger partial charge on any atom is -0.478 e. The largest absolute Gasteiger partial charge is 0.478 e. The van der Waals surface area contributed by atoms with Crippen molar-refractivity contribution in [1.29, 1.82) is 0 Å². The molecule has 2 N–H and O–H groups in total. The summed E-state index contributed by atoms with van der Waals surface area (Å²) in [7, 11) is 0. The van der Waals surface area contributed by atoms with Gasteiger partial charge in [-0.2, -0.15) is 0 Å². The first-order valence-electron chi connectivity index (χ1n) is 10.2. The predicted octanol–water partition coefficient (Wildman–Crippen LogP) is 4.20. The topological polar surface area (TPSA) is 204 Å². The van der Waals surface area contributed by atoms with Crippen molar-refractivity contribution in [2.75, 3.05) is 0 Å². The Bertz CT molecular complexity index is 1580. The smallest absolute Gasteiger partial charge is 0.346 e. The molecule has 0 fully saturated rings. The average Bonchev–Trinajstić information content (AvgIpc) is 2.85. The van der Waals surface area contributed by atoms with E-state index in [0.717, 1.165) is 36.4 Å². The van der Waals surface area contributed by atoms with Crippen LogP contribution in [-0.4, -0.2) is 43.9 Å². The highest BCUT2D eigenvalue weighted by atomic mass is 16.6. The molecular formula is C24H12N2O11. The molecule has 13 heteroatoms. The minimum atomic E-state index is -1.50. The summed E-state index contributed by atoms with van der Waals surface area (Å²) in [6.07, 6.45) is 0. The van der Waals surface area contributed by atoms with Crippen molar-refractivity contribution in [3.05, 3.63) is 103 Å². The number of carboxylic acids is 2. The van der Waals surface area contributed by atoms with E-state index < -0.39 is 67.4 Å². The number of nitro groups is 2. The number of benzene rings is 4. The third-order valence-electron chi connectivity index (χ3n) is 5.51. The number of fused-ring (bicyclic) bond motifs is 2. The molecular weight excluding hydrogens is 492 g/mol.